The van der Waals surface area contributed by atoms with Crippen molar-refractivity contribution in [2.75, 3.05) is 0 Å². The van der Waals surface area contributed by atoms with Gasteiger partial charge in [0.2, 0.25) is 0 Å². The molecule has 20 heavy (non-hydrogen) atoms. The summed E-state index contributed by atoms with van der Waals surface area (Å²) >= 11 is 27.7. The summed E-state index contributed by atoms with van der Waals surface area (Å²) in [4.78, 5) is 3.07. The van der Waals surface area contributed by atoms with Gasteiger partial charge in [0.1, 0.15) is 0 Å². The summed E-state index contributed by atoms with van der Waals surface area (Å²) in [5.41, 5.74) is 2.52. The van der Waals surface area contributed by atoms with Crippen LogP contribution in [0.5, 0.6) is 5.75 Å². The van der Waals surface area contributed by atoms with Crippen LogP contribution in [0.2, 0.25) is 25.1 Å². The number of aryl methyl sites for hydroxylation is 2. The Bertz CT molecular complexity index is 508. The van der Waals surface area contributed by atoms with Gasteiger partial charge in [0, 0.05) is 19.1 Å². The van der Waals surface area contributed by atoms with Gasteiger partial charge >= 0.3 is 0 Å². The predicted octanol–water partition coefficient (Wildman–Crippen LogP) is 5.14. The first kappa shape index (κ1) is 17.7. The number of aromatic amines is 1. The van der Waals surface area contributed by atoms with E-state index < -0.39 is 5.75 Å². The van der Waals surface area contributed by atoms with Crippen molar-refractivity contribution in [2.24, 2.45) is 0 Å². The molecule has 0 amide bonds. The maximum atomic E-state index is 11.1. The summed E-state index contributed by atoms with van der Waals surface area (Å²) in [5, 5.41) is 10.5. The Balaban J connectivity index is 0.000000217. The van der Waals surface area contributed by atoms with Gasteiger partial charge in [0.15, 0.2) is 11.9 Å². The predicted molar refractivity (Wildman–Crippen MR) is 83.4 cm³/mol. The van der Waals surface area contributed by atoms with Crippen LogP contribution in [-0.4, -0.2) is 0 Å². The normalized spacial score (nSPS) is 9.95. The van der Waals surface area contributed by atoms with Gasteiger partial charge in [-0.1, -0.05) is 63.8 Å². The number of halogens is 5. The summed E-state index contributed by atoms with van der Waals surface area (Å²) in [7, 11) is 0. The first-order chi connectivity index (χ1) is 9.25. The first-order valence-corrected chi connectivity index (χ1v) is 7.28. The monoisotopic (exact) mass is 371 g/mol. The van der Waals surface area contributed by atoms with Gasteiger partial charge in [-0.05, 0) is 12.5 Å². The highest BCUT2D eigenvalue weighted by Gasteiger charge is 2.13. The van der Waals surface area contributed by atoms with E-state index >= 15 is 0 Å². The van der Waals surface area contributed by atoms with Crippen molar-refractivity contribution in [2.45, 2.75) is 13.8 Å². The first-order valence-electron chi connectivity index (χ1n) is 5.39. The van der Waals surface area contributed by atoms with Crippen LogP contribution in [-0.2, 0) is 0 Å². The lowest BCUT2D eigenvalue weighted by molar-refractivity contribution is -0.387. The molecule has 0 unspecified atom stereocenters. The lowest BCUT2D eigenvalue weighted by atomic mass is 10.3. The van der Waals surface area contributed by atoms with E-state index in [1.165, 1.54) is 11.3 Å². The van der Waals surface area contributed by atoms with E-state index in [2.05, 4.69) is 18.0 Å². The van der Waals surface area contributed by atoms with E-state index in [0.717, 1.165) is 0 Å². The number of benzene rings is 1. The van der Waals surface area contributed by atoms with E-state index in [0.29, 0.717) is 0 Å². The summed E-state index contributed by atoms with van der Waals surface area (Å²) in [6.45, 7) is 4.13. The fourth-order valence-electron chi connectivity index (χ4n) is 1.32. The number of pyridine rings is 1. The standard InChI is InChI=1S/C7H9N.C6HCl5O/c1-6-3-4-8-7(2)5-6;7-1-2(8)4(10)6(12)5(11)3(1)9/h3-5H,1-2H3;12H. The Kier molecular flexibility index (Phi) is 6.70. The minimum absolute atomic E-state index is 0.00654. The van der Waals surface area contributed by atoms with Crippen molar-refractivity contribution in [1.82, 2.24) is 0 Å². The zero-order valence-electron chi connectivity index (χ0n) is 10.5. The maximum absolute atomic E-state index is 11.1. The van der Waals surface area contributed by atoms with E-state index in [9.17, 15) is 5.11 Å². The molecule has 2 rings (SSSR count). The van der Waals surface area contributed by atoms with Crippen LogP contribution in [0, 0.1) is 13.8 Å². The van der Waals surface area contributed by atoms with Gasteiger partial charge < -0.3 is 5.11 Å². The van der Waals surface area contributed by atoms with Crippen LogP contribution < -0.4 is 10.1 Å². The smallest absolute Gasteiger partial charge is 0.176 e. The molecule has 0 aliphatic rings. The molecule has 2 aromatic rings. The van der Waals surface area contributed by atoms with Gasteiger partial charge in [-0.15, -0.1) is 0 Å². The van der Waals surface area contributed by atoms with Crippen LogP contribution in [0.4, 0.5) is 0 Å². The molecule has 1 N–H and O–H groups in total. The van der Waals surface area contributed by atoms with Crippen LogP contribution in [0.3, 0.4) is 0 Å². The second kappa shape index (κ2) is 7.58. The van der Waals surface area contributed by atoms with Crippen LogP contribution in [0.1, 0.15) is 11.3 Å². The number of hydrogen-bond acceptors (Lipinski definition) is 1. The van der Waals surface area contributed by atoms with E-state index in [-0.39, 0.29) is 25.1 Å². The third-order valence-corrected chi connectivity index (χ3v) is 4.51. The number of aromatic nitrogens is 1. The molecule has 7 heteroatoms. The third-order valence-electron chi connectivity index (χ3n) is 2.27. The Labute approximate surface area is 142 Å². The highest BCUT2D eigenvalue weighted by Crippen LogP contribution is 2.46. The number of H-pyrrole nitrogens is 1. The van der Waals surface area contributed by atoms with Gasteiger partial charge in [-0.2, -0.15) is 0 Å². The lowest BCUT2D eigenvalue weighted by Crippen LogP contribution is -2.04. The number of rotatable bonds is 0. The fourth-order valence-corrected chi connectivity index (χ4v) is 2.44. The average molecular weight is 373 g/mol. The Hall–Kier alpha value is -0.380. The van der Waals surface area contributed by atoms with Crippen LogP contribution in [0.15, 0.2) is 18.3 Å². The van der Waals surface area contributed by atoms with E-state index in [4.69, 9.17) is 58.0 Å². The second-order valence-electron chi connectivity index (χ2n) is 3.95. The van der Waals surface area contributed by atoms with Crippen molar-refractivity contribution >= 4 is 58.0 Å². The van der Waals surface area contributed by atoms with Crippen LogP contribution >= 0.6 is 58.0 Å². The molecular weight excluding hydrogens is 363 g/mol. The molecular formula is C13H10Cl5NO. The highest BCUT2D eigenvalue weighted by molar-refractivity contribution is 6.55. The molecule has 0 saturated carbocycles. The molecule has 0 bridgehead atoms. The third kappa shape index (κ3) is 4.31. The average Bonchev–Trinajstić information content (AvgIpc) is 2.41. The van der Waals surface area contributed by atoms with Crippen molar-refractivity contribution < 1.29 is 10.1 Å². The minimum atomic E-state index is -0.613. The fraction of sp³-hybridized carbons (Fsp3) is 0.154. The highest BCUT2D eigenvalue weighted by atomic mass is 35.5. The largest absolute Gasteiger partial charge is 0.870 e. The molecule has 0 aliphatic heterocycles. The van der Waals surface area contributed by atoms with Crippen molar-refractivity contribution in [1.29, 1.82) is 0 Å². The quantitative estimate of drug-likeness (QED) is 0.465. The summed E-state index contributed by atoms with van der Waals surface area (Å²) in [6, 6.07) is 4.16. The number of hydrogen-bond donors (Lipinski definition) is 0. The topological polar surface area (TPSA) is 37.2 Å². The zero-order chi connectivity index (χ0) is 15.4. The SMILES string of the molecule is Cc1cc[nH+]c(C)c1.[O-]c1c(Cl)c(Cl)c(Cl)c(Cl)c1Cl. The molecule has 0 fully saturated rings. The summed E-state index contributed by atoms with van der Waals surface area (Å²) in [6.07, 6.45) is 1.95. The zero-order valence-corrected chi connectivity index (χ0v) is 14.3. The minimum Gasteiger partial charge on any atom is -0.870 e. The molecule has 1 aromatic carbocycles. The molecule has 0 spiro atoms. The number of nitrogens with one attached hydrogen (secondary N) is 1. The van der Waals surface area contributed by atoms with Crippen molar-refractivity contribution in [3.8, 4) is 5.75 Å². The summed E-state index contributed by atoms with van der Waals surface area (Å²) < 4.78 is 0. The van der Waals surface area contributed by atoms with Crippen molar-refractivity contribution in [3.63, 3.8) is 0 Å². The van der Waals surface area contributed by atoms with Gasteiger partial charge in [0.05, 0.1) is 25.1 Å². The molecule has 0 saturated heterocycles. The van der Waals surface area contributed by atoms with Gasteiger partial charge in [0.25, 0.3) is 0 Å². The molecule has 2 nitrogen and oxygen atoms in total. The van der Waals surface area contributed by atoms with Crippen molar-refractivity contribution in [3.05, 3.63) is 54.7 Å². The molecule has 1 heterocycles. The van der Waals surface area contributed by atoms with Gasteiger partial charge in [-0.3, -0.25) is 0 Å². The van der Waals surface area contributed by atoms with E-state index in [1.807, 2.05) is 19.2 Å². The van der Waals surface area contributed by atoms with Gasteiger partial charge in [-0.25, -0.2) is 4.98 Å². The maximum Gasteiger partial charge on any atom is 0.176 e. The Morgan fingerprint density at radius 1 is 0.850 bits per heavy atom. The molecule has 0 aliphatic carbocycles. The molecule has 0 radical (unpaired) electrons. The van der Waals surface area contributed by atoms with Crippen LogP contribution in [0.25, 0.3) is 0 Å². The Morgan fingerprint density at radius 3 is 1.65 bits per heavy atom. The summed E-state index contributed by atoms with van der Waals surface area (Å²) in [5.74, 6) is -0.613. The lowest BCUT2D eigenvalue weighted by Gasteiger charge is -2.14. The molecule has 0 atom stereocenters. The molecule has 108 valence electrons. The van der Waals surface area contributed by atoms with E-state index in [1.54, 1.807) is 0 Å². The molecule has 1 aromatic heterocycles. The second-order valence-corrected chi connectivity index (χ2v) is 5.84. The Morgan fingerprint density at radius 2 is 1.30 bits per heavy atom.